The number of oxime groups is 1. The Morgan fingerprint density at radius 1 is 1.26 bits per heavy atom. The van der Waals surface area contributed by atoms with Crippen LogP contribution in [0.3, 0.4) is 0 Å². The monoisotopic (exact) mass is 282 g/mol. The van der Waals surface area contributed by atoms with E-state index in [4.69, 9.17) is 18.9 Å². The van der Waals surface area contributed by atoms with E-state index in [2.05, 4.69) is 5.16 Å². The normalized spacial score (nSPS) is 11.9. The third kappa shape index (κ3) is 4.84. The van der Waals surface area contributed by atoms with E-state index in [1.54, 1.807) is 38.1 Å². The lowest BCUT2D eigenvalue weighted by molar-refractivity contribution is 0.125. The molecule has 0 heterocycles. The van der Waals surface area contributed by atoms with E-state index in [0.29, 0.717) is 5.56 Å². The standard InChI is InChI=1S/C12H15N2O4P/c1-3-16-19(15,17-4-2)18-14-12(10-13)11-8-6-5-7-9-11/h5-9H,3-4H2,1-2H3. The maximum atomic E-state index is 12.0. The van der Waals surface area contributed by atoms with Gasteiger partial charge in [-0.1, -0.05) is 35.5 Å². The molecule has 7 heteroatoms. The van der Waals surface area contributed by atoms with E-state index in [0.717, 1.165) is 0 Å². The Balaban J connectivity index is 2.88. The van der Waals surface area contributed by atoms with E-state index in [9.17, 15) is 4.57 Å². The molecule has 0 saturated heterocycles. The highest BCUT2D eigenvalue weighted by molar-refractivity contribution is 7.48. The molecule has 1 rings (SSSR count). The van der Waals surface area contributed by atoms with Gasteiger partial charge in [-0.3, -0.25) is 13.7 Å². The molecule has 0 aromatic heterocycles. The van der Waals surface area contributed by atoms with Crippen molar-refractivity contribution in [1.82, 2.24) is 0 Å². The second-order valence-electron chi connectivity index (χ2n) is 3.28. The second-order valence-corrected chi connectivity index (χ2v) is 4.86. The Morgan fingerprint density at radius 3 is 2.32 bits per heavy atom. The van der Waals surface area contributed by atoms with Crippen molar-refractivity contribution in [3.05, 3.63) is 35.9 Å². The molecular weight excluding hydrogens is 267 g/mol. The molecule has 0 N–H and O–H groups in total. The van der Waals surface area contributed by atoms with Gasteiger partial charge in [-0.05, 0) is 13.8 Å². The smallest absolute Gasteiger partial charge is 0.291 e. The Labute approximate surface area is 112 Å². The van der Waals surface area contributed by atoms with E-state index >= 15 is 0 Å². The zero-order valence-electron chi connectivity index (χ0n) is 10.8. The molecule has 0 aliphatic rings. The minimum Gasteiger partial charge on any atom is -0.291 e. The molecular formula is C12H15N2O4P. The fourth-order valence-electron chi connectivity index (χ4n) is 1.23. The van der Waals surface area contributed by atoms with Crippen LogP contribution in [0.1, 0.15) is 19.4 Å². The van der Waals surface area contributed by atoms with Crippen molar-refractivity contribution < 1.29 is 18.2 Å². The van der Waals surface area contributed by atoms with Crippen LogP contribution in [0.15, 0.2) is 35.5 Å². The molecule has 0 aliphatic heterocycles. The number of nitriles is 1. The van der Waals surface area contributed by atoms with Crippen LogP contribution in [0.25, 0.3) is 0 Å². The summed E-state index contributed by atoms with van der Waals surface area (Å²) in [5.41, 5.74) is 0.560. The molecule has 1 aromatic carbocycles. The largest absolute Gasteiger partial charge is 0.550 e. The van der Waals surface area contributed by atoms with Gasteiger partial charge < -0.3 is 0 Å². The van der Waals surface area contributed by atoms with Crippen LogP contribution in [0, 0.1) is 11.3 Å². The molecule has 6 nitrogen and oxygen atoms in total. The van der Waals surface area contributed by atoms with Crippen LogP contribution >= 0.6 is 7.82 Å². The SMILES string of the molecule is CCOP(=O)(OCC)ON=C(C#N)c1ccccc1. The molecule has 0 unspecified atom stereocenters. The minimum absolute atomic E-state index is 0.000214. The molecule has 0 amide bonds. The molecule has 0 fully saturated rings. The summed E-state index contributed by atoms with van der Waals surface area (Å²) in [6.45, 7) is 3.61. The molecule has 0 spiro atoms. The summed E-state index contributed by atoms with van der Waals surface area (Å²) in [5, 5.41) is 12.6. The number of phosphoric acid groups is 1. The van der Waals surface area contributed by atoms with Crippen molar-refractivity contribution >= 4 is 13.5 Å². The van der Waals surface area contributed by atoms with Gasteiger partial charge in [0, 0.05) is 5.56 Å². The number of phosphoric ester groups is 1. The fraction of sp³-hybridized carbons (Fsp3) is 0.333. The van der Waals surface area contributed by atoms with E-state index < -0.39 is 7.82 Å². The first-order valence-electron chi connectivity index (χ1n) is 5.76. The van der Waals surface area contributed by atoms with Crippen molar-refractivity contribution in [2.75, 3.05) is 13.2 Å². The van der Waals surface area contributed by atoms with E-state index in [1.165, 1.54) is 0 Å². The van der Waals surface area contributed by atoms with Crippen molar-refractivity contribution in [1.29, 1.82) is 5.26 Å². The predicted octanol–water partition coefficient (Wildman–Crippen LogP) is 3.11. The summed E-state index contributed by atoms with van der Waals surface area (Å²) in [7, 11) is -3.75. The summed E-state index contributed by atoms with van der Waals surface area (Å²) in [5.74, 6) is 0. The number of hydrogen-bond donors (Lipinski definition) is 0. The Kier molecular flexibility index (Phi) is 6.23. The van der Waals surface area contributed by atoms with Gasteiger partial charge in [0.25, 0.3) is 0 Å². The van der Waals surface area contributed by atoms with Crippen LogP contribution in [0.5, 0.6) is 0 Å². The van der Waals surface area contributed by atoms with Crippen molar-refractivity contribution in [3.8, 4) is 6.07 Å². The zero-order chi connectivity index (χ0) is 14.1. The highest BCUT2D eigenvalue weighted by atomic mass is 31.2. The summed E-state index contributed by atoms with van der Waals surface area (Å²) in [6, 6.07) is 10.6. The fourth-order valence-corrected chi connectivity index (χ4v) is 2.21. The first-order chi connectivity index (χ1) is 9.15. The highest BCUT2D eigenvalue weighted by Crippen LogP contribution is 2.49. The first-order valence-corrected chi connectivity index (χ1v) is 7.22. The van der Waals surface area contributed by atoms with Gasteiger partial charge in [-0.25, -0.2) is 4.57 Å². The van der Waals surface area contributed by atoms with Crippen molar-refractivity contribution in [2.45, 2.75) is 13.8 Å². The molecule has 0 radical (unpaired) electrons. The van der Waals surface area contributed by atoms with Crippen LogP contribution in [-0.2, 0) is 18.2 Å². The van der Waals surface area contributed by atoms with Crippen LogP contribution < -0.4 is 0 Å². The van der Waals surface area contributed by atoms with Crippen LogP contribution in [0.2, 0.25) is 0 Å². The lowest BCUT2D eigenvalue weighted by Gasteiger charge is -2.12. The summed E-state index contributed by atoms with van der Waals surface area (Å²) < 4.78 is 26.6. The average molecular weight is 282 g/mol. The van der Waals surface area contributed by atoms with Gasteiger partial charge >= 0.3 is 7.82 Å². The van der Waals surface area contributed by atoms with Gasteiger partial charge in [0.15, 0.2) is 5.71 Å². The van der Waals surface area contributed by atoms with Gasteiger partial charge in [0.05, 0.1) is 13.2 Å². The van der Waals surface area contributed by atoms with Gasteiger partial charge in [0.1, 0.15) is 6.07 Å². The lowest BCUT2D eigenvalue weighted by atomic mass is 10.1. The average Bonchev–Trinajstić information content (AvgIpc) is 2.41. The maximum absolute atomic E-state index is 12.0. The van der Waals surface area contributed by atoms with Crippen molar-refractivity contribution in [3.63, 3.8) is 0 Å². The molecule has 0 atom stereocenters. The van der Waals surface area contributed by atoms with Gasteiger partial charge in [-0.2, -0.15) is 5.26 Å². The summed E-state index contributed by atoms with van der Waals surface area (Å²) in [4.78, 5) is 0. The zero-order valence-corrected chi connectivity index (χ0v) is 11.7. The lowest BCUT2D eigenvalue weighted by Crippen LogP contribution is -2.01. The third-order valence-electron chi connectivity index (χ3n) is 1.96. The quantitative estimate of drug-likeness (QED) is 0.436. The van der Waals surface area contributed by atoms with Crippen LogP contribution in [-0.4, -0.2) is 18.9 Å². The first kappa shape index (κ1) is 15.4. The molecule has 19 heavy (non-hydrogen) atoms. The highest BCUT2D eigenvalue weighted by Gasteiger charge is 2.27. The van der Waals surface area contributed by atoms with Crippen molar-refractivity contribution in [2.24, 2.45) is 5.16 Å². The Hall–Kier alpha value is -1.67. The Morgan fingerprint density at radius 2 is 1.84 bits per heavy atom. The maximum Gasteiger partial charge on any atom is 0.550 e. The Bertz CT molecular complexity index is 500. The number of benzene rings is 1. The molecule has 102 valence electrons. The molecule has 0 aliphatic carbocycles. The van der Waals surface area contributed by atoms with Gasteiger partial charge in [-0.15, -0.1) is 0 Å². The number of hydrogen-bond acceptors (Lipinski definition) is 6. The molecule has 0 saturated carbocycles. The third-order valence-corrected chi connectivity index (χ3v) is 3.39. The topological polar surface area (TPSA) is 80.9 Å². The van der Waals surface area contributed by atoms with Crippen LogP contribution in [0.4, 0.5) is 0 Å². The second kappa shape index (κ2) is 7.70. The minimum atomic E-state index is -3.75. The number of nitrogens with zero attached hydrogens (tertiary/aromatic N) is 2. The summed E-state index contributed by atoms with van der Waals surface area (Å²) in [6.07, 6.45) is 0. The summed E-state index contributed by atoms with van der Waals surface area (Å²) >= 11 is 0. The molecule has 0 bridgehead atoms. The van der Waals surface area contributed by atoms with Gasteiger partial charge in [0.2, 0.25) is 0 Å². The number of rotatable bonds is 7. The predicted molar refractivity (Wildman–Crippen MR) is 70.5 cm³/mol. The van der Waals surface area contributed by atoms with E-state index in [-0.39, 0.29) is 18.9 Å². The molecule has 1 aromatic rings. The van der Waals surface area contributed by atoms with E-state index in [1.807, 2.05) is 12.1 Å².